The standard InChI is InChI=1S/C14H18F3NO3S/c1-18(10-6-7-22(20,21)9-10)8-13(19)11-4-2-3-5-12(11)14(15,16)17/h2-5,10,13,19H,6-9H2,1H3/t10-,13-/m1/s1. The van der Waals surface area contributed by atoms with Crippen LogP contribution in [0.3, 0.4) is 0 Å². The maximum absolute atomic E-state index is 12.9. The predicted molar refractivity (Wildman–Crippen MR) is 76.1 cm³/mol. The van der Waals surface area contributed by atoms with Crippen LogP contribution in [0.25, 0.3) is 0 Å². The second kappa shape index (κ2) is 6.17. The SMILES string of the molecule is CN(C[C@@H](O)c1ccccc1C(F)(F)F)[C@@H]1CCS(=O)(=O)C1. The van der Waals surface area contributed by atoms with Gasteiger partial charge in [-0.1, -0.05) is 18.2 Å². The molecule has 0 aromatic heterocycles. The molecule has 0 amide bonds. The summed E-state index contributed by atoms with van der Waals surface area (Å²) >= 11 is 0. The van der Waals surface area contributed by atoms with Crippen molar-refractivity contribution < 1.29 is 26.7 Å². The molecule has 124 valence electrons. The Balaban J connectivity index is 2.11. The second-order valence-corrected chi connectivity index (χ2v) is 7.83. The summed E-state index contributed by atoms with van der Waals surface area (Å²) in [6.45, 7) is -0.0483. The number of halogens is 3. The number of aliphatic hydroxyl groups is 1. The third-order valence-electron chi connectivity index (χ3n) is 3.92. The van der Waals surface area contributed by atoms with Crippen LogP contribution < -0.4 is 0 Å². The Bertz CT molecular complexity index is 630. The minimum atomic E-state index is -4.53. The molecular formula is C14H18F3NO3S. The van der Waals surface area contributed by atoms with Gasteiger partial charge in [-0.3, -0.25) is 4.90 Å². The Hall–Kier alpha value is -1.12. The lowest BCUT2D eigenvalue weighted by molar-refractivity contribution is -0.139. The van der Waals surface area contributed by atoms with Crippen LogP contribution >= 0.6 is 0 Å². The molecule has 1 aliphatic rings. The van der Waals surface area contributed by atoms with Crippen molar-refractivity contribution in [3.8, 4) is 0 Å². The molecule has 1 heterocycles. The zero-order valence-corrected chi connectivity index (χ0v) is 12.9. The quantitative estimate of drug-likeness (QED) is 0.911. The van der Waals surface area contributed by atoms with Crippen molar-refractivity contribution in [1.82, 2.24) is 4.90 Å². The van der Waals surface area contributed by atoms with Gasteiger partial charge in [-0.15, -0.1) is 0 Å². The third-order valence-corrected chi connectivity index (χ3v) is 5.67. The van der Waals surface area contributed by atoms with Crippen LogP contribution in [0.15, 0.2) is 24.3 Å². The zero-order chi connectivity index (χ0) is 16.5. The summed E-state index contributed by atoms with van der Waals surface area (Å²) in [6.07, 6.45) is -5.43. The average molecular weight is 337 g/mol. The maximum Gasteiger partial charge on any atom is 0.416 e. The first-order chi connectivity index (χ1) is 10.1. The first kappa shape index (κ1) is 17.2. The van der Waals surface area contributed by atoms with E-state index in [2.05, 4.69) is 0 Å². The fourth-order valence-electron chi connectivity index (χ4n) is 2.69. The number of benzene rings is 1. The normalized spacial score (nSPS) is 22.9. The second-order valence-electron chi connectivity index (χ2n) is 5.60. The van der Waals surface area contributed by atoms with Gasteiger partial charge in [0.15, 0.2) is 9.84 Å². The molecule has 0 bridgehead atoms. The fraction of sp³-hybridized carbons (Fsp3) is 0.571. The zero-order valence-electron chi connectivity index (χ0n) is 12.0. The van der Waals surface area contributed by atoms with Crippen LogP contribution in [0.2, 0.25) is 0 Å². The molecule has 2 rings (SSSR count). The van der Waals surface area contributed by atoms with E-state index in [0.717, 1.165) is 6.07 Å². The lowest BCUT2D eigenvalue weighted by Gasteiger charge is -2.27. The lowest BCUT2D eigenvalue weighted by Crippen LogP contribution is -2.36. The molecule has 0 saturated carbocycles. The molecule has 2 atom stereocenters. The molecule has 1 aromatic carbocycles. The molecular weight excluding hydrogens is 319 g/mol. The lowest BCUT2D eigenvalue weighted by atomic mass is 10.0. The van der Waals surface area contributed by atoms with Crippen LogP contribution in [0.5, 0.6) is 0 Å². The monoisotopic (exact) mass is 337 g/mol. The van der Waals surface area contributed by atoms with Gasteiger partial charge in [0.05, 0.1) is 23.2 Å². The van der Waals surface area contributed by atoms with Gasteiger partial charge >= 0.3 is 6.18 Å². The highest BCUT2D eigenvalue weighted by Crippen LogP contribution is 2.34. The minimum Gasteiger partial charge on any atom is -0.387 e. The molecule has 0 unspecified atom stereocenters. The fourth-order valence-corrected chi connectivity index (χ4v) is 4.49. The van der Waals surface area contributed by atoms with E-state index in [9.17, 15) is 26.7 Å². The highest BCUT2D eigenvalue weighted by molar-refractivity contribution is 7.91. The number of aliphatic hydroxyl groups excluding tert-OH is 1. The van der Waals surface area contributed by atoms with Crippen molar-refractivity contribution in [3.05, 3.63) is 35.4 Å². The van der Waals surface area contributed by atoms with E-state index < -0.39 is 27.7 Å². The molecule has 1 aliphatic heterocycles. The van der Waals surface area contributed by atoms with Gasteiger partial charge in [-0.2, -0.15) is 13.2 Å². The van der Waals surface area contributed by atoms with Gasteiger partial charge < -0.3 is 5.11 Å². The van der Waals surface area contributed by atoms with Crippen molar-refractivity contribution in [3.63, 3.8) is 0 Å². The van der Waals surface area contributed by atoms with Crippen molar-refractivity contribution >= 4 is 9.84 Å². The van der Waals surface area contributed by atoms with E-state index in [-0.39, 0.29) is 29.7 Å². The van der Waals surface area contributed by atoms with Crippen molar-refractivity contribution in [1.29, 1.82) is 0 Å². The molecule has 1 N–H and O–H groups in total. The van der Waals surface area contributed by atoms with Crippen molar-refractivity contribution in [2.75, 3.05) is 25.1 Å². The summed E-state index contributed by atoms with van der Waals surface area (Å²) in [6, 6.07) is 4.61. The van der Waals surface area contributed by atoms with E-state index in [0.29, 0.717) is 6.42 Å². The molecule has 1 fully saturated rings. The number of sulfone groups is 1. The van der Waals surface area contributed by atoms with Crippen molar-refractivity contribution in [2.45, 2.75) is 24.7 Å². The molecule has 0 aliphatic carbocycles. The summed E-state index contributed by atoms with van der Waals surface area (Å²) < 4.78 is 61.7. The van der Waals surface area contributed by atoms with Crippen LogP contribution in [-0.2, 0) is 16.0 Å². The molecule has 8 heteroatoms. The summed E-state index contributed by atoms with van der Waals surface area (Å²) in [5, 5.41) is 10.1. The Morgan fingerprint density at radius 2 is 2.00 bits per heavy atom. The van der Waals surface area contributed by atoms with Crippen LogP contribution in [0.1, 0.15) is 23.7 Å². The van der Waals surface area contributed by atoms with E-state index >= 15 is 0 Å². The van der Waals surface area contributed by atoms with E-state index in [1.165, 1.54) is 18.2 Å². The largest absolute Gasteiger partial charge is 0.416 e. The minimum absolute atomic E-state index is 0.0167. The first-order valence-corrected chi connectivity index (χ1v) is 8.67. The van der Waals surface area contributed by atoms with Gasteiger partial charge in [0, 0.05) is 12.6 Å². The Morgan fingerprint density at radius 3 is 2.55 bits per heavy atom. The Kier molecular flexibility index (Phi) is 4.84. The predicted octanol–water partition coefficient (Wildman–Crippen LogP) is 1.86. The summed E-state index contributed by atoms with van der Waals surface area (Å²) in [5.74, 6) is 0.0639. The number of likely N-dealkylation sites (N-methyl/N-ethyl adjacent to an activating group) is 1. The molecule has 4 nitrogen and oxygen atoms in total. The summed E-state index contributed by atoms with van der Waals surface area (Å²) in [5.41, 5.74) is -1.06. The van der Waals surface area contributed by atoms with Crippen molar-refractivity contribution in [2.24, 2.45) is 0 Å². The van der Waals surface area contributed by atoms with E-state index in [1.807, 2.05) is 0 Å². The number of rotatable bonds is 4. The Labute approximate surface area is 127 Å². The number of alkyl halides is 3. The van der Waals surface area contributed by atoms with E-state index in [4.69, 9.17) is 0 Å². The Morgan fingerprint density at radius 1 is 1.36 bits per heavy atom. The topological polar surface area (TPSA) is 57.6 Å². The highest BCUT2D eigenvalue weighted by Gasteiger charge is 2.36. The van der Waals surface area contributed by atoms with Gasteiger partial charge in [0.25, 0.3) is 0 Å². The van der Waals surface area contributed by atoms with Gasteiger partial charge in [0.2, 0.25) is 0 Å². The average Bonchev–Trinajstić information content (AvgIpc) is 2.78. The molecule has 1 saturated heterocycles. The smallest absolute Gasteiger partial charge is 0.387 e. The van der Waals surface area contributed by atoms with Crippen LogP contribution in [-0.4, -0.2) is 49.6 Å². The first-order valence-electron chi connectivity index (χ1n) is 6.85. The third kappa shape index (κ3) is 3.99. The van der Waals surface area contributed by atoms with Crippen LogP contribution in [0, 0.1) is 0 Å². The van der Waals surface area contributed by atoms with E-state index in [1.54, 1.807) is 11.9 Å². The molecule has 0 radical (unpaired) electrons. The molecule has 22 heavy (non-hydrogen) atoms. The van der Waals surface area contributed by atoms with Crippen LogP contribution in [0.4, 0.5) is 13.2 Å². The number of hydrogen-bond acceptors (Lipinski definition) is 4. The summed E-state index contributed by atoms with van der Waals surface area (Å²) in [4.78, 5) is 1.61. The molecule has 1 aromatic rings. The summed E-state index contributed by atoms with van der Waals surface area (Å²) in [7, 11) is -1.46. The van der Waals surface area contributed by atoms with Gasteiger partial charge in [0.1, 0.15) is 0 Å². The highest BCUT2D eigenvalue weighted by atomic mass is 32.2. The van der Waals surface area contributed by atoms with Gasteiger partial charge in [-0.25, -0.2) is 8.42 Å². The number of nitrogens with zero attached hydrogens (tertiary/aromatic N) is 1. The molecule has 0 spiro atoms. The van der Waals surface area contributed by atoms with Gasteiger partial charge in [-0.05, 0) is 25.1 Å². The number of hydrogen-bond donors (Lipinski definition) is 1. The maximum atomic E-state index is 12.9.